The monoisotopic (exact) mass is 371 g/mol. The number of ether oxygens (including phenoxy) is 1. The summed E-state index contributed by atoms with van der Waals surface area (Å²) in [6.07, 6.45) is 0. The highest BCUT2D eigenvalue weighted by molar-refractivity contribution is 6.30. The topological polar surface area (TPSA) is 73.1 Å². The fraction of sp³-hybridized carbons (Fsp3) is 0.222. The molecule has 0 saturated heterocycles. The maximum absolute atomic E-state index is 12.1. The van der Waals surface area contributed by atoms with Gasteiger partial charge in [-0.1, -0.05) is 35.9 Å². The quantitative estimate of drug-likeness (QED) is 0.642. The third-order valence-corrected chi connectivity index (χ3v) is 4.23. The molecule has 3 rings (SSSR count). The Bertz CT molecular complexity index is 908. The van der Waals surface area contributed by atoms with E-state index >= 15 is 0 Å². The van der Waals surface area contributed by atoms with E-state index in [4.69, 9.17) is 16.3 Å². The summed E-state index contributed by atoms with van der Waals surface area (Å²) in [6, 6.07) is 14.3. The highest BCUT2D eigenvalue weighted by atomic mass is 35.5. The smallest absolute Gasteiger partial charge is 0.340 e. The molecular weight excluding hydrogens is 354 g/mol. The van der Waals surface area contributed by atoms with Crippen LogP contribution in [0.2, 0.25) is 5.02 Å². The molecule has 2 aromatic carbocycles. The first-order valence-electron chi connectivity index (χ1n) is 7.90. The zero-order valence-corrected chi connectivity index (χ0v) is 15.4. The summed E-state index contributed by atoms with van der Waals surface area (Å²) < 4.78 is 6.44. The molecule has 0 radical (unpaired) electrons. The van der Waals surface area contributed by atoms with Gasteiger partial charge < -0.3 is 4.74 Å². The largest absolute Gasteiger partial charge is 0.465 e. The van der Waals surface area contributed by atoms with Crippen molar-refractivity contribution < 1.29 is 9.53 Å². The lowest BCUT2D eigenvalue weighted by atomic mass is 10.0. The maximum atomic E-state index is 12.1. The SMILES string of the molecule is COC(=O)c1ccccc1-n1nnnc1[C@H](c1ccc(Cl)cc1)N(C)C. The van der Waals surface area contributed by atoms with Crippen LogP contribution < -0.4 is 0 Å². The average molecular weight is 372 g/mol. The van der Waals surface area contributed by atoms with Gasteiger partial charge in [0.1, 0.15) is 0 Å². The minimum atomic E-state index is -0.449. The van der Waals surface area contributed by atoms with Crippen LogP contribution in [-0.2, 0) is 4.74 Å². The second-order valence-corrected chi connectivity index (χ2v) is 6.31. The Kier molecular flexibility index (Phi) is 5.29. The van der Waals surface area contributed by atoms with E-state index in [0.29, 0.717) is 22.1 Å². The second kappa shape index (κ2) is 7.63. The van der Waals surface area contributed by atoms with E-state index in [1.807, 2.05) is 49.3 Å². The third-order valence-electron chi connectivity index (χ3n) is 3.98. The predicted octanol–water partition coefficient (Wildman–Crippen LogP) is 2.75. The Hall–Kier alpha value is -2.77. The molecule has 26 heavy (non-hydrogen) atoms. The van der Waals surface area contributed by atoms with E-state index in [2.05, 4.69) is 15.5 Å². The number of benzene rings is 2. The van der Waals surface area contributed by atoms with E-state index in [-0.39, 0.29) is 6.04 Å². The number of nitrogens with zero attached hydrogens (tertiary/aromatic N) is 5. The number of rotatable bonds is 5. The van der Waals surface area contributed by atoms with Gasteiger partial charge in [0.2, 0.25) is 0 Å². The number of hydrogen-bond acceptors (Lipinski definition) is 6. The van der Waals surface area contributed by atoms with Crippen molar-refractivity contribution in [3.63, 3.8) is 0 Å². The number of halogens is 1. The van der Waals surface area contributed by atoms with Crippen molar-refractivity contribution in [3.05, 3.63) is 70.5 Å². The minimum absolute atomic E-state index is 0.229. The van der Waals surface area contributed by atoms with Crippen molar-refractivity contribution >= 4 is 17.6 Å². The van der Waals surface area contributed by atoms with Gasteiger partial charge in [-0.2, -0.15) is 4.68 Å². The number of para-hydroxylation sites is 1. The Morgan fingerprint density at radius 2 is 1.85 bits per heavy atom. The molecule has 0 saturated carbocycles. The summed E-state index contributed by atoms with van der Waals surface area (Å²) >= 11 is 6.01. The Labute approximate surface area is 156 Å². The molecule has 1 atom stereocenters. The van der Waals surface area contributed by atoms with Crippen LogP contribution in [0.4, 0.5) is 0 Å². The van der Waals surface area contributed by atoms with E-state index in [1.54, 1.807) is 22.9 Å². The number of tetrazole rings is 1. The highest BCUT2D eigenvalue weighted by Gasteiger charge is 2.26. The third kappa shape index (κ3) is 3.44. The molecule has 7 nitrogen and oxygen atoms in total. The molecule has 3 aromatic rings. The summed E-state index contributed by atoms with van der Waals surface area (Å²) in [5.41, 5.74) is 1.92. The zero-order valence-electron chi connectivity index (χ0n) is 14.6. The average Bonchev–Trinajstić information content (AvgIpc) is 3.11. The molecule has 0 unspecified atom stereocenters. The van der Waals surface area contributed by atoms with E-state index in [0.717, 1.165) is 5.56 Å². The van der Waals surface area contributed by atoms with Gasteiger partial charge in [-0.15, -0.1) is 5.10 Å². The van der Waals surface area contributed by atoms with Gasteiger partial charge in [0.15, 0.2) is 5.82 Å². The predicted molar refractivity (Wildman–Crippen MR) is 97.5 cm³/mol. The highest BCUT2D eigenvalue weighted by Crippen LogP contribution is 2.28. The molecular formula is C18H18ClN5O2. The van der Waals surface area contributed by atoms with Crippen LogP contribution in [0.5, 0.6) is 0 Å². The molecule has 8 heteroatoms. The van der Waals surface area contributed by atoms with Gasteiger partial charge in [-0.3, -0.25) is 4.90 Å². The molecule has 1 aromatic heterocycles. The maximum Gasteiger partial charge on any atom is 0.340 e. The van der Waals surface area contributed by atoms with Crippen LogP contribution in [0, 0.1) is 0 Å². The van der Waals surface area contributed by atoms with Crippen LogP contribution in [0.1, 0.15) is 27.8 Å². The Morgan fingerprint density at radius 3 is 2.50 bits per heavy atom. The standard InChI is InChI=1S/C18H18ClN5O2/c1-23(2)16(12-8-10-13(19)11-9-12)17-20-21-22-24(17)15-7-5-4-6-14(15)18(25)26-3/h4-11,16H,1-3H3/t16-/m0/s1. The van der Waals surface area contributed by atoms with Gasteiger partial charge in [0.05, 0.1) is 24.4 Å². The lowest BCUT2D eigenvalue weighted by Gasteiger charge is -2.24. The summed E-state index contributed by atoms with van der Waals surface area (Å²) in [5.74, 6) is 0.128. The number of esters is 1. The molecule has 0 fully saturated rings. The Morgan fingerprint density at radius 1 is 1.15 bits per heavy atom. The molecule has 0 bridgehead atoms. The minimum Gasteiger partial charge on any atom is -0.465 e. The Balaban J connectivity index is 2.13. The summed E-state index contributed by atoms with van der Waals surface area (Å²) in [7, 11) is 5.21. The lowest BCUT2D eigenvalue weighted by Crippen LogP contribution is -2.25. The van der Waals surface area contributed by atoms with Crippen molar-refractivity contribution in [3.8, 4) is 5.69 Å². The zero-order chi connectivity index (χ0) is 18.7. The number of carbonyl (C=O) groups is 1. The summed E-state index contributed by atoms with van der Waals surface area (Å²) in [4.78, 5) is 14.1. The van der Waals surface area contributed by atoms with Crippen molar-refractivity contribution in [2.75, 3.05) is 21.2 Å². The normalized spacial score (nSPS) is 12.2. The van der Waals surface area contributed by atoms with Gasteiger partial charge >= 0.3 is 5.97 Å². The van der Waals surface area contributed by atoms with E-state index in [1.165, 1.54) is 7.11 Å². The van der Waals surface area contributed by atoms with Crippen molar-refractivity contribution in [1.82, 2.24) is 25.1 Å². The van der Waals surface area contributed by atoms with E-state index in [9.17, 15) is 4.79 Å². The fourth-order valence-corrected chi connectivity index (χ4v) is 2.93. The van der Waals surface area contributed by atoms with Gasteiger partial charge in [0.25, 0.3) is 0 Å². The van der Waals surface area contributed by atoms with E-state index < -0.39 is 5.97 Å². The molecule has 0 aliphatic carbocycles. The van der Waals surface area contributed by atoms with Crippen molar-refractivity contribution in [2.45, 2.75) is 6.04 Å². The molecule has 0 aliphatic heterocycles. The molecule has 0 aliphatic rings. The molecule has 0 spiro atoms. The first-order chi connectivity index (χ1) is 12.5. The van der Waals surface area contributed by atoms with Crippen molar-refractivity contribution in [1.29, 1.82) is 0 Å². The van der Waals surface area contributed by atoms with Crippen LogP contribution in [0.15, 0.2) is 48.5 Å². The van der Waals surface area contributed by atoms with Gasteiger partial charge in [-0.25, -0.2) is 4.79 Å². The first kappa shape index (κ1) is 18.0. The van der Waals surface area contributed by atoms with Crippen LogP contribution in [0.3, 0.4) is 0 Å². The number of aromatic nitrogens is 4. The molecule has 0 amide bonds. The number of carbonyl (C=O) groups excluding carboxylic acids is 1. The van der Waals surface area contributed by atoms with Gasteiger partial charge in [0, 0.05) is 5.02 Å². The first-order valence-corrected chi connectivity index (χ1v) is 8.28. The van der Waals surface area contributed by atoms with Gasteiger partial charge in [-0.05, 0) is 54.4 Å². The van der Waals surface area contributed by atoms with Crippen LogP contribution in [0.25, 0.3) is 5.69 Å². The van der Waals surface area contributed by atoms with Crippen LogP contribution in [-0.4, -0.2) is 52.3 Å². The fourth-order valence-electron chi connectivity index (χ4n) is 2.80. The molecule has 0 N–H and O–H groups in total. The van der Waals surface area contributed by atoms with Crippen LogP contribution >= 0.6 is 11.6 Å². The second-order valence-electron chi connectivity index (χ2n) is 5.88. The van der Waals surface area contributed by atoms with Crippen molar-refractivity contribution in [2.24, 2.45) is 0 Å². The summed E-state index contributed by atoms with van der Waals surface area (Å²) in [5, 5.41) is 12.8. The lowest BCUT2D eigenvalue weighted by molar-refractivity contribution is 0.0600. The molecule has 134 valence electrons. The number of methoxy groups -OCH3 is 1. The molecule has 1 heterocycles. The summed E-state index contributed by atoms with van der Waals surface area (Å²) in [6.45, 7) is 0. The number of hydrogen-bond donors (Lipinski definition) is 0.